The zero-order valence-corrected chi connectivity index (χ0v) is 17.4. The van der Waals surface area contributed by atoms with Crippen LogP contribution < -0.4 is 15.4 Å². The lowest BCUT2D eigenvalue weighted by Gasteiger charge is -2.26. The molecule has 2 N–H and O–H groups in total. The van der Waals surface area contributed by atoms with Gasteiger partial charge in [-0.1, -0.05) is 42.5 Å². The first-order chi connectivity index (χ1) is 13.9. The smallest absolute Gasteiger partial charge is 0.244 e. The first-order valence-electron chi connectivity index (χ1n) is 9.52. The van der Waals surface area contributed by atoms with Crippen LogP contribution in [0.3, 0.4) is 0 Å². The molecular formula is C23H29N3O3. The van der Waals surface area contributed by atoms with E-state index in [4.69, 9.17) is 4.74 Å². The van der Waals surface area contributed by atoms with Crippen LogP contribution in [0.2, 0.25) is 0 Å². The van der Waals surface area contributed by atoms with Crippen LogP contribution in [0.25, 0.3) is 6.08 Å². The SMILES string of the molecule is COc1cccc([C@@H](CNC(=O)[C@@H](C)NC(=O)/C=C/c2ccccc2)N(C)C)c1. The molecule has 154 valence electrons. The molecule has 0 radical (unpaired) electrons. The van der Waals surface area contributed by atoms with Crippen molar-refractivity contribution in [2.45, 2.75) is 19.0 Å². The first-order valence-corrected chi connectivity index (χ1v) is 9.52. The lowest BCUT2D eigenvalue weighted by molar-refractivity contribution is -0.126. The highest BCUT2D eigenvalue weighted by molar-refractivity contribution is 5.95. The normalized spacial score (nSPS) is 13.1. The fourth-order valence-corrected chi connectivity index (χ4v) is 2.86. The minimum Gasteiger partial charge on any atom is -0.497 e. The third-order valence-electron chi connectivity index (χ3n) is 4.55. The summed E-state index contributed by atoms with van der Waals surface area (Å²) in [5.41, 5.74) is 1.96. The Labute approximate surface area is 172 Å². The minimum absolute atomic E-state index is 0.0186. The van der Waals surface area contributed by atoms with Crippen LogP contribution in [-0.4, -0.2) is 50.5 Å². The van der Waals surface area contributed by atoms with E-state index in [0.717, 1.165) is 16.9 Å². The van der Waals surface area contributed by atoms with E-state index in [-0.39, 0.29) is 17.9 Å². The van der Waals surface area contributed by atoms with Crippen molar-refractivity contribution in [1.29, 1.82) is 0 Å². The number of rotatable bonds is 9. The maximum Gasteiger partial charge on any atom is 0.244 e. The molecule has 6 heteroatoms. The summed E-state index contributed by atoms with van der Waals surface area (Å²) in [4.78, 5) is 26.5. The summed E-state index contributed by atoms with van der Waals surface area (Å²) < 4.78 is 5.29. The Bertz CT molecular complexity index is 834. The number of amides is 2. The molecule has 0 saturated heterocycles. The predicted molar refractivity (Wildman–Crippen MR) is 116 cm³/mol. The van der Waals surface area contributed by atoms with E-state index in [9.17, 15) is 9.59 Å². The third-order valence-corrected chi connectivity index (χ3v) is 4.55. The van der Waals surface area contributed by atoms with Crippen LogP contribution in [0.5, 0.6) is 5.75 Å². The molecule has 0 heterocycles. The van der Waals surface area contributed by atoms with Crippen LogP contribution in [0.4, 0.5) is 0 Å². The number of nitrogens with zero attached hydrogens (tertiary/aromatic N) is 1. The molecule has 0 bridgehead atoms. The Balaban J connectivity index is 1.90. The van der Waals surface area contributed by atoms with Crippen molar-refractivity contribution < 1.29 is 14.3 Å². The van der Waals surface area contributed by atoms with E-state index in [1.165, 1.54) is 6.08 Å². The number of hydrogen-bond acceptors (Lipinski definition) is 4. The topological polar surface area (TPSA) is 70.7 Å². The van der Waals surface area contributed by atoms with E-state index in [2.05, 4.69) is 10.6 Å². The second-order valence-corrected chi connectivity index (χ2v) is 6.98. The summed E-state index contributed by atoms with van der Waals surface area (Å²) in [5, 5.41) is 5.61. The maximum absolute atomic E-state index is 12.4. The Morgan fingerprint density at radius 1 is 1.10 bits per heavy atom. The van der Waals surface area contributed by atoms with E-state index in [1.54, 1.807) is 20.1 Å². The summed E-state index contributed by atoms with van der Waals surface area (Å²) in [5.74, 6) is 0.223. The van der Waals surface area contributed by atoms with Crippen LogP contribution >= 0.6 is 0 Å². The average molecular weight is 396 g/mol. The van der Waals surface area contributed by atoms with Crippen molar-refractivity contribution in [3.05, 3.63) is 71.8 Å². The van der Waals surface area contributed by atoms with Gasteiger partial charge >= 0.3 is 0 Å². The monoisotopic (exact) mass is 395 g/mol. The Hall–Kier alpha value is -3.12. The van der Waals surface area contributed by atoms with Crippen molar-refractivity contribution >= 4 is 17.9 Å². The Kier molecular flexibility index (Phi) is 8.43. The Morgan fingerprint density at radius 2 is 1.83 bits per heavy atom. The van der Waals surface area contributed by atoms with Crippen LogP contribution in [0.1, 0.15) is 24.1 Å². The molecule has 0 spiro atoms. The van der Waals surface area contributed by atoms with Gasteiger partial charge in [-0.15, -0.1) is 0 Å². The van der Waals surface area contributed by atoms with E-state index in [1.807, 2.05) is 73.6 Å². The number of carbonyl (C=O) groups is 2. The van der Waals surface area contributed by atoms with Crippen molar-refractivity contribution in [2.24, 2.45) is 0 Å². The second-order valence-electron chi connectivity index (χ2n) is 6.98. The van der Waals surface area contributed by atoms with Gasteiger partial charge in [0.1, 0.15) is 11.8 Å². The Morgan fingerprint density at radius 3 is 2.48 bits per heavy atom. The van der Waals surface area contributed by atoms with Gasteiger partial charge in [0.25, 0.3) is 0 Å². The fourth-order valence-electron chi connectivity index (χ4n) is 2.86. The fraction of sp³-hybridized carbons (Fsp3) is 0.304. The number of likely N-dealkylation sites (N-methyl/N-ethyl adjacent to an activating group) is 1. The molecule has 2 amide bonds. The molecule has 2 aromatic rings. The number of nitrogens with one attached hydrogen (secondary N) is 2. The quantitative estimate of drug-likeness (QED) is 0.641. The second kappa shape index (κ2) is 11.0. The van der Waals surface area contributed by atoms with Gasteiger partial charge in [-0.3, -0.25) is 9.59 Å². The largest absolute Gasteiger partial charge is 0.497 e. The van der Waals surface area contributed by atoms with E-state index >= 15 is 0 Å². The third kappa shape index (κ3) is 7.08. The van der Waals surface area contributed by atoms with E-state index in [0.29, 0.717) is 6.54 Å². The van der Waals surface area contributed by atoms with Crippen LogP contribution in [0, 0.1) is 0 Å². The van der Waals surface area contributed by atoms with Crippen LogP contribution in [-0.2, 0) is 9.59 Å². The molecule has 2 rings (SSSR count). The maximum atomic E-state index is 12.4. The van der Waals surface area contributed by atoms with E-state index < -0.39 is 6.04 Å². The van der Waals surface area contributed by atoms with Crippen molar-refractivity contribution in [1.82, 2.24) is 15.5 Å². The van der Waals surface area contributed by atoms with Gasteiger partial charge in [-0.2, -0.15) is 0 Å². The average Bonchev–Trinajstić information content (AvgIpc) is 2.73. The van der Waals surface area contributed by atoms with Gasteiger partial charge in [-0.25, -0.2) is 0 Å². The molecule has 0 aliphatic heterocycles. The molecule has 0 aromatic heterocycles. The molecule has 0 unspecified atom stereocenters. The predicted octanol–water partition coefficient (Wildman–Crippen LogP) is 2.63. The van der Waals surface area contributed by atoms with Crippen LogP contribution in [0.15, 0.2) is 60.7 Å². The van der Waals surface area contributed by atoms with Crippen molar-refractivity contribution in [3.8, 4) is 5.75 Å². The highest BCUT2D eigenvalue weighted by Crippen LogP contribution is 2.22. The number of ether oxygens (including phenoxy) is 1. The highest BCUT2D eigenvalue weighted by Gasteiger charge is 2.19. The molecule has 0 aliphatic rings. The van der Waals surface area contributed by atoms with Gasteiger partial charge in [0.15, 0.2) is 0 Å². The van der Waals surface area contributed by atoms with Gasteiger partial charge in [-0.05, 0) is 50.4 Å². The number of hydrogen-bond donors (Lipinski definition) is 2. The molecule has 0 saturated carbocycles. The van der Waals surface area contributed by atoms with Gasteiger partial charge in [0, 0.05) is 12.6 Å². The molecule has 0 aliphatic carbocycles. The summed E-state index contributed by atoms with van der Waals surface area (Å²) in [6.07, 6.45) is 3.14. The van der Waals surface area contributed by atoms with Crippen molar-refractivity contribution in [3.63, 3.8) is 0 Å². The minimum atomic E-state index is -0.643. The number of benzene rings is 2. The molecular weight excluding hydrogens is 366 g/mol. The van der Waals surface area contributed by atoms with Gasteiger partial charge in [0.2, 0.25) is 11.8 Å². The summed E-state index contributed by atoms with van der Waals surface area (Å²) in [6, 6.07) is 16.6. The summed E-state index contributed by atoms with van der Waals surface area (Å²) in [6.45, 7) is 2.08. The van der Waals surface area contributed by atoms with Gasteiger partial charge in [0.05, 0.1) is 13.2 Å². The highest BCUT2D eigenvalue weighted by atomic mass is 16.5. The molecule has 6 nitrogen and oxygen atoms in total. The standard InChI is InChI=1S/C23H29N3O3/c1-17(25-22(27)14-13-18-9-6-5-7-10-18)23(28)24-16-21(26(2)3)19-11-8-12-20(15-19)29-4/h5-15,17,21H,16H2,1-4H3,(H,24,28)(H,25,27)/b14-13+/t17-,21-/m1/s1. The summed E-state index contributed by atoms with van der Waals surface area (Å²) >= 11 is 0. The zero-order valence-electron chi connectivity index (χ0n) is 17.4. The molecule has 2 atom stereocenters. The number of carbonyl (C=O) groups excluding carboxylic acids is 2. The molecule has 29 heavy (non-hydrogen) atoms. The molecule has 2 aromatic carbocycles. The van der Waals surface area contributed by atoms with Crippen molar-refractivity contribution in [2.75, 3.05) is 27.7 Å². The lowest BCUT2D eigenvalue weighted by atomic mass is 10.1. The summed E-state index contributed by atoms with van der Waals surface area (Å²) in [7, 11) is 5.54. The first kappa shape index (κ1) is 22.2. The zero-order chi connectivity index (χ0) is 21.2. The van der Waals surface area contributed by atoms with Gasteiger partial charge < -0.3 is 20.3 Å². The lowest BCUT2D eigenvalue weighted by Crippen LogP contribution is -2.46. The molecule has 0 fully saturated rings. The number of methoxy groups -OCH3 is 1.